The molecule has 2 heterocycles. The van der Waals surface area contributed by atoms with Gasteiger partial charge in [-0.2, -0.15) is 0 Å². The maximum Gasteiger partial charge on any atom is 0.333 e. The largest absolute Gasteiger partial charge is 0.478 e. The zero-order valence-electron chi connectivity index (χ0n) is 15.1. The lowest BCUT2D eigenvalue weighted by Crippen LogP contribution is -2.44. The van der Waals surface area contributed by atoms with Crippen molar-refractivity contribution in [2.75, 3.05) is 6.61 Å². The molecule has 148 valence electrons. The van der Waals surface area contributed by atoms with E-state index in [1.54, 1.807) is 12.3 Å². The second kappa shape index (κ2) is 8.67. The second-order valence-electron chi connectivity index (χ2n) is 6.01. The third kappa shape index (κ3) is 5.30. The number of ether oxygens (including phenoxy) is 4. The molecule has 0 aromatic rings. The van der Waals surface area contributed by atoms with Crippen molar-refractivity contribution in [3.8, 4) is 0 Å². The van der Waals surface area contributed by atoms with Crippen molar-refractivity contribution in [3.05, 3.63) is 24.0 Å². The molecule has 0 aliphatic carbocycles. The summed E-state index contributed by atoms with van der Waals surface area (Å²) in [5.74, 6) is -2.93. The number of rotatable bonds is 6. The predicted octanol–water partition coefficient (Wildman–Crippen LogP) is 0.326. The summed E-state index contributed by atoms with van der Waals surface area (Å²) in [6, 6.07) is 0. The second-order valence-corrected chi connectivity index (χ2v) is 6.01. The number of carboxylic acid groups (broad SMARTS) is 1. The smallest absolute Gasteiger partial charge is 0.333 e. The maximum atomic E-state index is 11.6. The third-order valence-electron chi connectivity index (χ3n) is 3.83. The zero-order chi connectivity index (χ0) is 20.1. The molecule has 4 atom stereocenters. The van der Waals surface area contributed by atoms with Gasteiger partial charge in [0.25, 0.3) is 0 Å². The molecule has 27 heavy (non-hydrogen) atoms. The number of carboxylic acids is 1. The van der Waals surface area contributed by atoms with Crippen LogP contribution in [0.3, 0.4) is 0 Å². The summed E-state index contributed by atoms with van der Waals surface area (Å²) in [5.41, 5.74) is 0.107. The summed E-state index contributed by atoms with van der Waals surface area (Å²) in [5, 5.41) is 9.20. The summed E-state index contributed by atoms with van der Waals surface area (Å²) in [6.45, 7) is 3.36. The fourth-order valence-corrected chi connectivity index (χ4v) is 2.81. The van der Waals surface area contributed by atoms with E-state index in [9.17, 15) is 24.3 Å². The number of esters is 3. The average molecular weight is 383 g/mol. The SMILES string of the molecule is CC(=O)OC[C@H]1O[C@@H](N2C=CCC(C(=O)O)=C2)[C@H](OC(C)=O)[C@@H]1OC(C)=O. The number of allylic oxidation sites excluding steroid dienone is 1. The fraction of sp³-hybridized carbons (Fsp3) is 0.529. The topological polar surface area (TPSA) is 129 Å². The van der Waals surface area contributed by atoms with Crippen LogP contribution in [-0.2, 0) is 38.1 Å². The molecule has 1 saturated heterocycles. The van der Waals surface area contributed by atoms with E-state index in [4.69, 9.17) is 18.9 Å². The van der Waals surface area contributed by atoms with Crippen LogP contribution in [-0.4, -0.2) is 65.0 Å². The number of carbonyl (C=O) groups is 4. The maximum absolute atomic E-state index is 11.6. The van der Waals surface area contributed by atoms with Crippen LogP contribution in [0.1, 0.15) is 27.2 Å². The van der Waals surface area contributed by atoms with Crippen LogP contribution in [0.2, 0.25) is 0 Å². The Balaban J connectivity index is 2.32. The summed E-state index contributed by atoms with van der Waals surface area (Å²) >= 11 is 0. The minimum absolute atomic E-state index is 0.107. The van der Waals surface area contributed by atoms with E-state index in [0.717, 1.165) is 0 Å². The molecule has 0 bridgehead atoms. The van der Waals surface area contributed by atoms with Gasteiger partial charge in [-0.25, -0.2) is 4.79 Å². The number of hydrogen-bond donors (Lipinski definition) is 1. The molecule has 10 nitrogen and oxygen atoms in total. The monoisotopic (exact) mass is 383 g/mol. The highest BCUT2D eigenvalue weighted by molar-refractivity contribution is 5.87. The van der Waals surface area contributed by atoms with Gasteiger partial charge < -0.3 is 29.0 Å². The van der Waals surface area contributed by atoms with E-state index in [1.807, 2.05) is 0 Å². The van der Waals surface area contributed by atoms with Crippen molar-refractivity contribution in [1.82, 2.24) is 4.90 Å². The van der Waals surface area contributed by atoms with E-state index >= 15 is 0 Å². The molecule has 0 amide bonds. The molecule has 0 aromatic carbocycles. The first-order valence-electron chi connectivity index (χ1n) is 8.20. The molecular weight excluding hydrogens is 362 g/mol. The molecule has 2 aliphatic rings. The van der Waals surface area contributed by atoms with Gasteiger partial charge in [-0.1, -0.05) is 6.08 Å². The van der Waals surface area contributed by atoms with Crippen LogP contribution < -0.4 is 0 Å². The van der Waals surface area contributed by atoms with E-state index in [2.05, 4.69) is 0 Å². The summed E-state index contributed by atoms with van der Waals surface area (Å²) in [7, 11) is 0. The van der Waals surface area contributed by atoms with Crippen LogP contribution in [0.5, 0.6) is 0 Å². The summed E-state index contributed by atoms with van der Waals surface area (Å²) in [4.78, 5) is 46.8. The fourth-order valence-electron chi connectivity index (χ4n) is 2.81. The van der Waals surface area contributed by atoms with Gasteiger partial charge in [0.1, 0.15) is 12.7 Å². The van der Waals surface area contributed by atoms with Crippen LogP contribution >= 0.6 is 0 Å². The molecule has 0 spiro atoms. The molecule has 0 radical (unpaired) electrons. The lowest BCUT2D eigenvalue weighted by atomic mass is 10.1. The van der Waals surface area contributed by atoms with E-state index in [1.165, 1.54) is 31.9 Å². The van der Waals surface area contributed by atoms with Crippen LogP contribution in [0, 0.1) is 0 Å². The lowest BCUT2D eigenvalue weighted by Gasteiger charge is -2.30. The van der Waals surface area contributed by atoms with Crippen molar-refractivity contribution < 1.29 is 43.2 Å². The highest BCUT2D eigenvalue weighted by atomic mass is 16.7. The highest BCUT2D eigenvalue weighted by Gasteiger charge is 2.51. The van der Waals surface area contributed by atoms with Crippen molar-refractivity contribution in [3.63, 3.8) is 0 Å². The van der Waals surface area contributed by atoms with Crippen molar-refractivity contribution >= 4 is 23.9 Å². The Labute approximate surface area is 155 Å². The van der Waals surface area contributed by atoms with Gasteiger partial charge in [0, 0.05) is 39.6 Å². The first-order valence-corrected chi connectivity index (χ1v) is 8.20. The number of hydrogen-bond acceptors (Lipinski definition) is 9. The van der Waals surface area contributed by atoms with Gasteiger partial charge >= 0.3 is 23.9 Å². The molecule has 1 N–H and O–H groups in total. The van der Waals surface area contributed by atoms with Crippen molar-refractivity contribution in [2.24, 2.45) is 0 Å². The van der Waals surface area contributed by atoms with Crippen molar-refractivity contribution in [2.45, 2.75) is 51.7 Å². The molecule has 2 rings (SSSR count). The first kappa shape index (κ1) is 20.4. The molecule has 1 fully saturated rings. The van der Waals surface area contributed by atoms with E-state index < -0.39 is 48.4 Å². The highest BCUT2D eigenvalue weighted by Crippen LogP contribution is 2.31. The quantitative estimate of drug-likeness (QED) is 0.506. The number of aliphatic carboxylic acids is 1. The molecule has 2 aliphatic heterocycles. The third-order valence-corrected chi connectivity index (χ3v) is 3.83. The minimum atomic E-state index is -1.10. The summed E-state index contributed by atoms with van der Waals surface area (Å²) < 4.78 is 21.3. The normalized spacial score (nSPS) is 26.9. The Hall–Kier alpha value is -2.88. The Morgan fingerprint density at radius 1 is 1.11 bits per heavy atom. The van der Waals surface area contributed by atoms with Gasteiger partial charge in [0.05, 0.1) is 5.57 Å². The van der Waals surface area contributed by atoms with Gasteiger partial charge in [-0.15, -0.1) is 0 Å². The Morgan fingerprint density at radius 3 is 2.30 bits per heavy atom. The van der Waals surface area contributed by atoms with Gasteiger partial charge in [0.15, 0.2) is 18.4 Å². The molecule has 0 aromatic heterocycles. The Morgan fingerprint density at radius 2 is 1.74 bits per heavy atom. The van der Waals surface area contributed by atoms with Gasteiger partial charge in [-0.3, -0.25) is 14.4 Å². The first-order chi connectivity index (χ1) is 12.7. The Kier molecular flexibility index (Phi) is 6.56. The van der Waals surface area contributed by atoms with Crippen LogP contribution in [0.25, 0.3) is 0 Å². The van der Waals surface area contributed by atoms with E-state index in [0.29, 0.717) is 0 Å². The van der Waals surface area contributed by atoms with Gasteiger partial charge in [0.2, 0.25) is 0 Å². The molecule has 0 unspecified atom stereocenters. The zero-order valence-corrected chi connectivity index (χ0v) is 15.1. The van der Waals surface area contributed by atoms with Gasteiger partial charge in [-0.05, 0) is 0 Å². The minimum Gasteiger partial charge on any atom is -0.478 e. The number of carbonyl (C=O) groups excluding carboxylic acids is 3. The molecular formula is C17H21NO9. The molecule has 10 heteroatoms. The Bertz CT molecular complexity index is 684. The van der Waals surface area contributed by atoms with Crippen LogP contribution in [0.4, 0.5) is 0 Å². The molecule has 0 saturated carbocycles. The average Bonchev–Trinajstić information content (AvgIpc) is 2.89. The number of nitrogens with zero attached hydrogens (tertiary/aromatic N) is 1. The van der Waals surface area contributed by atoms with Crippen molar-refractivity contribution in [1.29, 1.82) is 0 Å². The summed E-state index contributed by atoms with van der Waals surface area (Å²) in [6.07, 6.45) is 0.802. The lowest BCUT2D eigenvalue weighted by molar-refractivity contribution is -0.166. The standard InChI is InChI=1S/C17H21NO9/c1-9(19)24-8-13-14(25-10(2)20)15(26-11(3)21)16(27-13)18-6-4-5-12(7-18)17(22)23/h4,6-7,13-16H,5,8H2,1-3H3,(H,22,23)/t13-,14-,15-,16-/m1/s1. The van der Waals surface area contributed by atoms with E-state index in [-0.39, 0.29) is 18.6 Å². The van der Waals surface area contributed by atoms with Crippen LogP contribution in [0.15, 0.2) is 24.0 Å². The predicted molar refractivity (Wildman–Crippen MR) is 87.7 cm³/mol.